The Labute approximate surface area is 167 Å². The van der Waals surface area contributed by atoms with Crippen LogP contribution in [0.5, 0.6) is 11.5 Å². The molecular formula is C20H22ClFN2O4. The van der Waals surface area contributed by atoms with Crippen molar-refractivity contribution < 1.29 is 23.5 Å². The van der Waals surface area contributed by atoms with Crippen LogP contribution in [0.15, 0.2) is 36.4 Å². The third-order valence-corrected chi connectivity index (χ3v) is 4.16. The molecule has 2 amide bonds. The first-order chi connectivity index (χ1) is 13.3. The number of methoxy groups -OCH3 is 1. The number of halogens is 2. The fraction of sp³-hybridized carbons (Fsp3) is 0.300. The lowest BCUT2D eigenvalue weighted by Crippen LogP contribution is -2.41. The predicted molar refractivity (Wildman–Crippen MR) is 104 cm³/mol. The summed E-state index contributed by atoms with van der Waals surface area (Å²) in [6, 6.07) is 8.04. The third-order valence-electron chi connectivity index (χ3n) is 3.84. The standard InChI is InChI=1S/C20H22ClFN2O4/c1-12(2)8-9-28-17-7-4-13(10-18(17)27-3)19(25)23-24-20(26)15-6-5-14(22)11-16(15)21/h4-7,10-12H,8-9H2,1-3H3,(H,23,25)(H,24,26). The minimum atomic E-state index is -0.668. The van der Waals surface area contributed by atoms with Crippen LogP contribution in [0, 0.1) is 11.7 Å². The molecule has 0 heterocycles. The molecule has 8 heteroatoms. The van der Waals surface area contributed by atoms with Gasteiger partial charge < -0.3 is 9.47 Å². The van der Waals surface area contributed by atoms with E-state index in [1.165, 1.54) is 19.2 Å². The number of amides is 2. The van der Waals surface area contributed by atoms with Gasteiger partial charge in [-0.25, -0.2) is 4.39 Å². The molecule has 0 fully saturated rings. The number of carbonyl (C=O) groups excluding carboxylic acids is 2. The first kappa shape index (κ1) is 21.5. The van der Waals surface area contributed by atoms with E-state index in [0.717, 1.165) is 18.6 Å². The smallest absolute Gasteiger partial charge is 0.271 e. The highest BCUT2D eigenvalue weighted by atomic mass is 35.5. The van der Waals surface area contributed by atoms with Crippen molar-refractivity contribution in [2.75, 3.05) is 13.7 Å². The Morgan fingerprint density at radius 3 is 2.43 bits per heavy atom. The van der Waals surface area contributed by atoms with Crippen LogP contribution in [0.2, 0.25) is 5.02 Å². The average molecular weight is 409 g/mol. The van der Waals surface area contributed by atoms with Crippen molar-refractivity contribution in [2.24, 2.45) is 5.92 Å². The summed E-state index contributed by atoms with van der Waals surface area (Å²) >= 11 is 5.83. The number of hydrogen-bond donors (Lipinski definition) is 2. The fourth-order valence-corrected chi connectivity index (χ4v) is 2.51. The van der Waals surface area contributed by atoms with Gasteiger partial charge in [0.2, 0.25) is 0 Å². The molecule has 2 aromatic carbocycles. The molecule has 0 unspecified atom stereocenters. The van der Waals surface area contributed by atoms with Crippen LogP contribution in [0.1, 0.15) is 41.0 Å². The quantitative estimate of drug-likeness (QED) is 0.679. The van der Waals surface area contributed by atoms with Crippen molar-refractivity contribution in [2.45, 2.75) is 20.3 Å². The van der Waals surface area contributed by atoms with Crippen molar-refractivity contribution in [1.82, 2.24) is 10.9 Å². The highest BCUT2D eigenvalue weighted by Crippen LogP contribution is 2.28. The number of carbonyl (C=O) groups is 2. The lowest BCUT2D eigenvalue weighted by atomic mass is 10.1. The Morgan fingerprint density at radius 1 is 1.07 bits per heavy atom. The normalized spacial score (nSPS) is 10.5. The van der Waals surface area contributed by atoms with E-state index in [-0.39, 0.29) is 16.1 Å². The Balaban J connectivity index is 2.00. The molecule has 2 rings (SSSR count). The molecule has 28 heavy (non-hydrogen) atoms. The second-order valence-electron chi connectivity index (χ2n) is 6.43. The zero-order chi connectivity index (χ0) is 20.7. The summed E-state index contributed by atoms with van der Waals surface area (Å²) in [4.78, 5) is 24.4. The maximum atomic E-state index is 13.1. The number of nitrogens with one attached hydrogen (secondary N) is 2. The van der Waals surface area contributed by atoms with Crippen LogP contribution in [-0.4, -0.2) is 25.5 Å². The minimum absolute atomic E-state index is 0.0369. The molecule has 0 atom stereocenters. The number of hydrazine groups is 1. The van der Waals surface area contributed by atoms with Crippen molar-refractivity contribution in [3.63, 3.8) is 0 Å². The molecule has 0 bridgehead atoms. The molecule has 0 radical (unpaired) electrons. The summed E-state index contributed by atoms with van der Waals surface area (Å²) in [6.07, 6.45) is 0.892. The lowest BCUT2D eigenvalue weighted by molar-refractivity contribution is 0.0846. The van der Waals surface area contributed by atoms with Gasteiger partial charge in [0.05, 0.1) is 24.3 Å². The number of hydrogen-bond acceptors (Lipinski definition) is 4. The summed E-state index contributed by atoms with van der Waals surface area (Å²) in [6.45, 7) is 4.73. The number of benzene rings is 2. The fourth-order valence-electron chi connectivity index (χ4n) is 2.26. The second-order valence-corrected chi connectivity index (χ2v) is 6.84. The minimum Gasteiger partial charge on any atom is -0.493 e. The topological polar surface area (TPSA) is 76.7 Å². The molecule has 0 aliphatic carbocycles. The van der Waals surface area contributed by atoms with Gasteiger partial charge in [-0.2, -0.15) is 0 Å². The van der Waals surface area contributed by atoms with Gasteiger partial charge in [0, 0.05) is 5.56 Å². The van der Waals surface area contributed by atoms with Gasteiger partial charge in [-0.05, 0) is 48.7 Å². The summed E-state index contributed by atoms with van der Waals surface area (Å²) < 4.78 is 24.0. The predicted octanol–water partition coefficient (Wildman–Crippen LogP) is 3.99. The van der Waals surface area contributed by atoms with E-state index in [0.29, 0.717) is 24.0 Å². The molecule has 2 aromatic rings. The van der Waals surface area contributed by atoms with E-state index < -0.39 is 17.6 Å². The molecular weight excluding hydrogens is 387 g/mol. The highest BCUT2D eigenvalue weighted by molar-refractivity contribution is 6.33. The van der Waals surface area contributed by atoms with Crippen molar-refractivity contribution in [1.29, 1.82) is 0 Å². The van der Waals surface area contributed by atoms with Crippen LogP contribution < -0.4 is 20.3 Å². The van der Waals surface area contributed by atoms with E-state index in [4.69, 9.17) is 21.1 Å². The van der Waals surface area contributed by atoms with Crippen LogP contribution in [0.25, 0.3) is 0 Å². The molecule has 6 nitrogen and oxygen atoms in total. The van der Waals surface area contributed by atoms with E-state index in [9.17, 15) is 14.0 Å². The molecule has 0 aromatic heterocycles. The van der Waals surface area contributed by atoms with E-state index >= 15 is 0 Å². The molecule has 0 aliphatic heterocycles. The maximum absolute atomic E-state index is 13.1. The van der Waals surface area contributed by atoms with Crippen molar-refractivity contribution >= 4 is 23.4 Å². The summed E-state index contributed by atoms with van der Waals surface area (Å²) in [5.41, 5.74) is 4.82. The molecule has 0 spiro atoms. The lowest BCUT2D eigenvalue weighted by Gasteiger charge is -2.13. The van der Waals surface area contributed by atoms with Gasteiger partial charge in [-0.3, -0.25) is 20.4 Å². The van der Waals surface area contributed by atoms with Crippen LogP contribution >= 0.6 is 11.6 Å². The zero-order valence-electron chi connectivity index (χ0n) is 15.8. The Bertz CT molecular complexity index is 858. The molecule has 150 valence electrons. The monoisotopic (exact) mass is 408 g/mol. The van der Waals surface area contributed by atoms with E-state index in [2.05, 4.69) is 24.7 Å². The summed E-state index contributed by atoms with van der Waals surface area (Å²) in [5, 5.41) is -0.0590. The molecule has 0 aliphatic rings. The van der Waals surface area contributed by atoms with Gasteiger partial charge in [-0.15, -0.1) is 0 Å². The second kappa shape index (κ2) is 9.94. The van der Waals surface area contributed by atoms with Gasteiger partial charge in [-0.1, -0.05) is 25.4 Å². The van der Waals surface area contributed by atoms with Gasteiger partial charge >= 0.3 is 0 Å². The Morgan fingerprint density at radius 2 is 1.79 bits per heavy atom. The van der Waals surface area contributed by atoms with Crippen LogP contribution in [-0.2, 0) is 0 Å². The molecule has 2 N–H and O–H groups in total. The summed E-state index contributed by atoms with van der Waals surface area (Å²) in [7, 11) is 1.48. The molecule has 0 saturated heterocycles. The Hall–Kier alpha value is -2.80. The highest BCUT2D eigenvalue weighted by Gasteiger charge is 2.15. The number of rotatable bonds is 7. The van der Waals surface area contributed by atoms with Gasteiger partial charge in [0.25, 0.3) is 11.8 Å². The zero-order valence-corrected chi connectivity index (χ0v) is 16.6. The third kappa shape index (κ3) is 5.85. The average Bonchev–Trinajstić information content (AvgIpc) is 2.65. The van der Waals surface area contributed by atoms with Crippen molar-refractivity contribution in [3.8, 4) is 11.5 Å². The van der Waals surface area contributed by atoms with Crippen LogP contribution in [0.3, 0.4) is 0 Å². The SMILES string of the molecule is COc1cc(C(=O)NNC(=O)c2ccc(F)cc2Cl)ccc1OCCC(C)C. The van der Waals surface area contributed by atoms with Crippen LogP contribution in [0.4, 0.5) is 4.39 Å². The summed E-state index contributed by atoms with van der Waals surface area (Å²) in [5.74, 6) is -0.341. The van der Waals surface area contributed by atoms with Gasteiger partial charge in [0.15, 0.2) is 11.5 Å². The Kier molecular flexibility index (Phi) is 7.63. The first-order valence-corrected chi connectivity index (χ1v) is 9.06. The first-order valence-electron chi connectivity index (χ1n) is 8.68. The van der Waals surface area contributed by atoms with E-state index in [1.54, 1.807) is 12.1 Å². The molecule has 0 saturated carbocycles. The largest absolute Gasteiger partial charge is 0.493 e. The van der Waals surface area contributed by atoms with Crippen molar-refractivity contribution in [3.05, 3.63) is 58.4 Å². The maximum Gasteiger partial charge on any atom is 0.271 e. The van der Waals surface area contributed by atoms with E-state index in [1.807, 2.05) is 0 Å². The van der Waals surface area contributed by atoms with Gasteiger partial charge in [0.1, 0.15) is 5.82 Å². The number of ether oxygens (including phenoxy) is 2.